The minimum absolute atomic E-state index is 0.0707. The number of hydrogen-bond donors (Lipinski definition) is 1. The Morgan fingerprint density at radius 2 is 1.77 bits per heavy atom. The first-order chi connectivity index (χ1) is 14.7. The monoisotopic (exact) mass is 408 g/mol. The Labute approximate surface area is 173 Å². The number of benzene rings is 2. The molecule has 154 valence electrons. The molecule has 2 aromatic carbocycles. The summed E-state index contributed by atoms with van der Waals surface area (Å²) in [5, 5.41) is 7.02. The van der Waals surface area contributed by atoms with Crippen LogP contribution in [0.25, 0.3) is 11.3 Å². The van der Waals surface area contributed by atoms with Gasteiger partial charge in [0.15, 0.2) is 11.5 Å². The van der Waals surface area contributed by atoms with E-state index < -0.39 is 0 Å². The molecule has 30 heavy (non-hydrogen) atoms. The molecule has 5 rings (SSSR count). The van der Waals surface area contributed by atoms with Crippen molar-refractivity contribution in [3.63, 3.8) is 0 Å². The molecule has 1 saturated heterocycles. The van der Waals surface area contributed by atoms with Crippen molar-refractivity contribution in [3.05, 3.63) is 65.6 Å². The Bertz CT molecular complexity index is 1060. The van der Waals surface area contributed by atoms with Gasteiger partial charge in [0.1, 0.15) is 11.5 Å². The van der Waals surface area contributed by atoms with Gasteiger partial charge in [0.25, 0.3) is 5.91 Å². The molecule has 8 heteroatoms. The van der Waals surface area contributed by atoms with E-state index in [1.54, 1.807) is 18.2 Å². The molecule has 0 unspecified atom stereocenters. The third-order valence-electron chi connectivity index (χ3n) is 5.45. The molecule has 3 aromatic rings. The van der Waals surface area contributed by atoms with Crippen LogP contribution in [0.3, 0.4) is 0 Å². The van der Waals surface area contributed by atoms with E-state index in [0.29, 0.717) is 24.5 Å². The summed E-state index contributed by atoms with van der Waals surface area (Å²) in [6, 6.07) is 13.8. The number of halogens is 1. The maximum Gasteiger partial charge on any atom is 0.271 e. The van der Waals surface area contributed by atoms with Crippen LogP contribution in [0.15, 0.2) is 48.5 Å². The van der Waals surface area contributed by atoms with Crippen LogP contribution < -0.4 is 9.47 Å². The molecular weight excluding hydrogens is 387 g/mol. The first-order valence-corrected chi connectivity index (χ1v) is 9.87. The third kappa shape index (κ3) is 3.73. The van der Waals surface area contributed by atoms with Gasteiger partial charge >= 0.3 is 0 Å². The highest BCUT2D eigenvalue weighted by Crippen LogP contribution is 2.32. The van der Waals surface area contributed by atoms with E-state index in [4.69, 9.17) is 9.47 Å². The maximum atomic E-state index is 13.1. The Morgan fingerprint density at radius 3 is 2.57 bits per heavy atom. The topological polar surface area (TPSA) is 70.7 Å². The SMILES string of the molecule is O=C(c1cc(-c2ccc(F)cc2)n[nH]1)N1CCN(Cc2ccc3c(c2)OCO3)CC1. The van der Waals surface area contributed by atoms with Crippen molar-refractivity contribution < 1.29 is 18.7 Å². The number of amides is 1. The number of ether oxygens (including phenoxy) is 2. The molecule has 0 saturated carbocycles. The second-order valence-electron chi connectivity index (χ2n) is 7.43. The van der Waals surface area contributed by atoms with Crippen molar-refractivity contribution in [2.24, 2.45) is 0 Å². The van der Waals surface area contributed by atoms with Crippen LogP contribution in [0, 0.1) is 5.82 Å². The lowest BCUT2D eigenvalue weighted by Crippen LogP contribution is -2.48. The van der Waals surface area contributed by atoms with Crippen LogP contribution in [-0.4, -0.2) is 58.9 Å². The lowest BCUT2D eigenvalue weighted by atomic mass is 10.1. The summed E-state index contributed by atoms with van der Waals surface area (Å²) in [5.74, 6) is 1.20. The van der Waals surface area contributed by atoms with E-state index in [2.05, 4.69) is 15.1 Å². The standard InChI is InChI=1S/C22H21FN4O3/c23-17-4-2-16(3-5-17)18-12-19(25-24-18)22(28)27-9-7-26(8-10-27)13-15-1-6-20-21(11-15)30-14-29-20/h1-6,11-12H,7-10,13-14H2,(H,24,25). The fourth-order valence-electron chi connectivity index (χ4n) is 3.78. The number of aromatic nitrogens is 2. The van der Waals surface area contributed by atoms with Crippen molar-refractivity contribution in [1.29, 1.82) is 0 Å². The summed E-state index contributed by atoms with van der Waals surface area (Å²) in [5.41, 5.74) is 3.00. The largest absolute Gasteiger partial charge is 0.454 e. The number of piperazine rings is 1. The number of H-pyrrole nitrogens is 1. The highest BCUT2D eigenvalue weighted by molar-refractivity contribution is 5.93. The number of aromatic amines is 1. The van der Waals surface area contributed by atoms with Gasteiger partial charge in [0.2, 0.25) is 6.79 Å². The van der Waals surface area contributed by atoms with E-state index in [-0.39, 0.29) is 18.5 Å². The first-order valence-electron chi connectivity index (χ1n) is 9.87. The predicted octanol–water partition coefficient (Wildman–Crippen LogP) is 2.90. The molecule has 0 bridgehead atoms. The molecule has 1 amide bonds. The highest BCUT2D eigenvalue weighted by Gasteiger charge is 2.24. The van der Waals surface area contributed by atoms with Crippen LogP contribution in [0.4, 0.5) is 4.39 Å². The maximum absolute atomic E-state index is 13.1. The van der Waals surface area contributed by atoms with Crippen molar-refractivity contribution in [2.45, 2.75) is 6.54 Å². The normalized spacial score (nSPS) is 16.1. The molecule has 7 nitrogen and oxygen atoms in total. The van der Waals surface area contributed by atoms with Gasteiger partial charge in [0.05, 0.1) is 5.69 Å². The average Bonchev–Trinajstić information content (AvgIpc) is 3.44. The lowest BCUT2D eigenvalue weighted by molar-refractivity contribution is 0.0622. The van der Waals surface area contributed by atoms with E-state index in [9.17, 15) is 9.18 Å². The summed E-state index contributed by atoms with van der Waals surface area (Å²) >= 11 is 0. The second kappa shape index (κ2) is 7.79. The Morgan fingerprint density at radius 1 is 1.00 bits per heavy atom. The minimum Gasteiger partial charge on any atom is -0.454 e. The highest BCUT2D eigenvalue weighted by atomic mass is 19.1. The van der Waals surface area contributed by atoms with Gasteiger partial charge < -0.3 is 14.4 Å². The summed E-state index contributed by atoms with van der Waals surface area (Å²) in [4.78, 5) is 17.0. The number of rotatable bonds is 4. The number of nitrogens with one attached hydrogen (secondary N) is 1. The van der Waals surface area contributed by atoms with Crippen molar-refractivity contribution in [2.75, 3.05) is 33.0 Å². The summed E-state index contributed by atoms with van der Waals surface area (Å²) in [7, 11) is 0. The van der Waals surface area contributed by atoms with Crippen LogP contribution >= 0.6 is 0 Å². The van der Waals surface area contributed by atoms with Gasteiger partial charge in [-0.05, 0) is 48.0 Å². The smallest absolute Gasteiger partial charge is 0.271 e. The molecule has 0 radical (unpaired) electrons. The molecule has 0 aliphatic carbocycles. The van der Waals surface area contributed by atoms with Gasteiger partial charge in [0, 0.05) is 38.3 Å². The summed E-state index contributed by atoms with van der Waals surface area (Å²) in [6.07, 6.45) is 0. The molecule has 0 spiro atoms. The third-order valence-corrected chi connectivity index (χ3v) is 5.45. The van der Waals surface area contributed by atoms with E-state index in [0.717, 1.165) is 42.3 Å². The fourth-order valence-corrected chi connectivity index (χ4v) is 3.78. The van der Waals surface area contributed by atoms with Crippen molar-refractivity contribution >= 4 is 5.91 Å². The van der Waals surface area contributed by atoms with Crippen LogP contribution in [0.2, 0.25) is 0 Å². The van der Waals surface area contributed by atoms with Gasteiger partial charge in [-0.2, -0.15) is 5.10 Å². The summed E-state index contributed by atoms with van der Waals surface area (Å²) < 4.78 is 23.9. The molecule has 1 N–H and O–H groups in total. The number of nitrogens with zero attached hydrogens (tertiary/aromatic N) is 3. The van der Waals surface area contributed by atoms with Gasteiger partial charge in [-0.25, -0.2) is 4.39 Å². The zero-order valence-electron chi connectivity index (χ0n) is 16.3. The second-order valence-corrected chi connectivity index (χ2v) is 7.43. The van der Waals surface area contributed by atoms with Crippen molar-refractivity contribution in [1.82, 2.24) is 20.0 Å². The average molecular weight is 408 g/mol. The molecular formula is C22H21FN4O3. The molecule has 1 fully saturated rings. The van der Waals surface area contributed by atoms with Crippen LogP contribution in [-0.2, 0) is 6.54 Å². The van der Waals surface area contributed by atoms with Crippen LogP contribution in [0.1, 0.15) is 16.1 Å². The van der Waals surface area contributed by atoms with Gasteiger partial charge in [-0.15, -0.1) is 0 Å². The zero-order chi connectivity index (χ0) is 20.5. The van der Waals surface area contributed by atoms with Gasteiger partial charge in [-0.3, -0.25) is 14.8 Å². The quantitative estimate of drug-likeness (QED) is 0.719. The Kier molecular flexibility index (Phi) is 4.84. The molecule has 1 aromatic heterocycles. The Hall–Kier alpha value is -3.39. The molecule has 2 aliphatic heterocycles. The van der Waals surface area contributed by atoms with Crippen LogP contribution in [0.5, 0.6) is 11.5 Å². The van der Waals surface area contributed by atoms with E-state index in [1.165, 1.54) is 12.1 Å². The van der Waals surface area contributed by atoms with Crippen molar-refractivity contribution in [3.8, 4) is 22.8 Å². The number of fused-ring (bicyclic) bond motifs is 1. The van der Waals surface area contributed by atoms with Gasteiger partial charge in [-0.1, -0.05) is 6.07 Å². The molecule has 2 aliphatic rings. The summed E-state index contributed by atoms with van der Waals surface area (Å²) in [6.45, 7) is 3.95. The molecule has 0 atom stereocenters. The zero-order valence-corrected chi connectivity index (χ0v) is 16.3. The predicted molar refractivity (Wildman–Crippen MR) is 108 cm³/mol. The number of carbonyl (C=O) groups excluding carboxylic acids is 1. The molecule has 3 heterocycles. The minimum atomic E-state index is -0.302. The number of hydrogen-bond acceptors (Lipinski definition) is 5. The number of carbonyl (C=O) groups is 1. The fraction of sp³-hybridized carbons (Fsp3) is 0.273. The van der Waals surface area contributed by atoms with E-state index >= 15 is 0 Å². The first kappa shape index (κ1) is 18.6. The lowest BCUT2D eigenvalue weighted by Gasteiger charge is -2.34. The van der Waals surface area contributed by atoms with E-state index in [1.807, 2.05) is 23.1 Å². The Balaban J connectivity index is 1.18.